The van der Waals surface area contributed by atoms with Crippen LogP contribution < -0.4 is 0 Å². The van der Waals surface area contributed by atoms with Crippen LogP contribution in [0.3, 0.4) is 0 Å². The van der Waals surface area contributed by atoms with Crippen molar-refractivity contribution in [1.29, 1.82) is 5.26 Å². The van der Waals surface area contributed by atoms with Gasteiger partial charge in [0, 0.05) is 6.42 Å². The van der Waals surface area contributed by atoms with Crippen LogP contribution in [0.2, 0.25) is 0 Å². The van der Waals surface area contributed by atoms with Crippen molar-refractivity contribution in [2.24, 2.45) is 51.8 Å². The number of nitrogens with zero attached hydrogens (tertiary/aromatic N) is 1. The fourth-order valence-electron chi connectivity index (χ4n) is 9.51. The Hall–Kier alpha value is -1.65. The normalized spacial score (nSPS) is 41.6. The SMILES string of the molecule is CCC(C)(C)C(=O)OC1CC[C@@]2(C)C(C1)CC(O)C1C2CC(O)[C@]2(C)C(C(C)CCC(=O)OCCC#N)CCC12. The molecule has 4 rings (SSSR count). The van der Waals surface area contributed by atoms with Crippen LogP contribution in [0, 0.1) is 63.1 Å². The monoisotopic (exact) mass is 559 g/mol. The smallest absolute Gasteiger partial charge is 0.311 e. The van der Waals surface area contributed by atoms with E-state index >= 15 is 0 Å². The van der Waals surface area contributed by atoms with Crippen molar-refractivity contribution in [3.8, 4) is 6.07 Å². The van der Waals surface area contributed by atoms with Crippen molar-refractivity contribution in [3.63, 3.8) is 0 Å². The molecule has 226 valence electrons. The van der Waals surface area contributed by atoms with Crippen LogP contribution in [0.15, 0.2) is 0 Å². The Morgan fingerprint density at radius 2 is 1.82 bits per heavy atom. The van der Waals surface area contributed by atoms with E-state index in [1.807, 2.05) is 26.8 Å². The number of ether oxygens (including phenoxy) is 2. The summed E-state index contributed by atoms with van der Waals surface area (Å²) in [6.07, 6.45) is 7.08. The van der Waals surface area contributed by atoms with Gasteiger partial charge in [-0.05, 0) is 118 Å². The first-order valence-corrected chi connectivity index (χ1v) is 15.9. The van der Waals surface area contributed by atoms with Crippen LogP contribution >= 0.6 is 0 Å². The molecule has 0 saturated heterocycles. The van der Waals surface area contributed by atoms with Gasteiger partial charge in [-0.2, -0.15) is 5.26 Å². The van der Waals surface area contributed by atoms with Crippen LogP contribution in [0.4, 0.5) is 0 Å². The maximum Gasteiger partial charge on any atom is 0.311 e. The van der Waals surface area contributed by atoms with Gasteiger partial charge in [0.15, 0.2) is 0 Å². The third-order valence-corrected chi connectivity index (χ3v) is 12.5. The molecular weight excluding hydrogens is 506 g/mol. The van der Waals surface area contributed by atoms with Crippen LogP contribution in [0.25, 0.3) is 0 Å². The molecule has 4 aliphatic rings. The van der Waals surface area contributed by atoms with E-state index in [1.54, 1.807) is 0 Å². The van der Waals surface area contributed by atoms with Crippen LogP contribution in [0.1, 0.15) is 112 Å². The number of hydrogen-bond acceptors (Lipinski definition) is 7. The number of aliphatic hydroxyl groups is 2. The molecule has 7 nitrogen and oxygen atoms in total. The number of carbonyl (C=O) groups excluding carboxylic acids is 2. The lowest BCUT2D eigenvalue weighted by atomic mass is 9.43. The molecule has 0 bridgehead atoms. The molecule has 40 heavy (non-hydrogen) atoms. The molecule has 0 aliphatic heterocycles. The average Bonchev–Trinajstić information content (AvgIpc) is 3.27. The second-order valence-corrected chi connectivity index (χ2v) is 14.8. The first kappa shape index (κ1) is 31.3. The van der Waals surface area contributed by atoms with Crippen molar-refractivity contribution in [2.45, 2.75) is 130 Å². The first-order valence-electron chi connectivity index (χ1n) is 15.9. The van der Waals surface area contributed by atoms with Gasteiger partial charge < -0.3 is 19.7 Å². The summed E-state index contributed by atoms with van der Waals surface area (Å²) in [5.41, 5.74) is -0.746. The lowest BCUT2D eigenvalue weighted by Gasteiger charge is -2.63. The highest BCUT2D eigenvalue weighted by Crippen LogP contribution is 2.68. The van der Waals surface area contributed by atoms with Crippen molar-refractivity contribution in [3.05, 3.63) is 0 Å². The van der Waals surface area contributed by atoms with E-state index < -0.39 is 17.6 Å². The largest absolute Gasteiger partial charge is 0.465 e. The maximum absolute atomic E-state index is 12.8. The number of carbonyl (C=O) groups is 2. The number of nitriles is 1. The van der Waals surface area contributed by atoms with Gasteiger partial charge in [0.2, 0.25) is 0 Å². The summed E-state index contributed by atoms with van der Waals surface area (Å²) in [7, 11) is 0. The minimum absolute atomic E-state index is 0.0201. The molecule has 7 heteroatoms. The molecule has 0 heterocycles. The summed E-state index contributed by atoms with van der Waals surface area (Å²) in [6.45, 7) is 12.8. The molecule has 4 fully saturated rings. The molecule has 0 aromatic carbocycles. The Kier molecular flexibility index (Phi) is 9.32. The number of hydrogen-bond donors (Lipinski definition) is 2. The van der Waals surface area contributed by atoms with Gasteiger partial charge in [-0.25, -0.2) is 0 Å². The zero-order valence-corrected chi connectivity index (χ0v) is 25.7. The highest BCUT2D eigenvalue weighted by atomic mass is 16.5. The van der Waals surface area contributed by atoms with Crippen LogP contribution in [-0.4, -0.2) is 47.1 Å². The zero-order valence-electron chi connectivity index (χ0n) is 25.7. The van der Waals surface area contributed by atoms with E-state index in [9.17, 15) is 19.8 Å². The summed E-state index contributed by atoms with van der Waals surface area (Å²) in [5, 5.41) is 32.2. The molecule has 11 atom stereocenters. The Labute approximate surface area is 241 Å². The fourth-order valence-corrected chi connectivity index (χ4v) is 9.51. The molecule has 4 aliphatic carbocycles. The molecule has 2 N–H and O–H groups in total. The van der Waals surface area contributed by atoms with Crippen LogP contribution in [0.5, 0.6) is 0 Å². The minimum Gasteiger partial charge on any atom is -0.465 e. The number of fused-ring (bicyclic) bond motifs is 5. The highest BCUT2D eigenvalue weighted by Gasteiger charge is 2.65. The maximum atomic E-state index is 12.8. The van der Waals surface area contributed by atoms with Crippen molar-refractivity contribution >= 4 is 11.9 Å². The summed E-state index contributed by atoms with van der Waals surface area (Å²) < 4.78 is 11.2. The van der Waals surface area contributed by atoms with Crippen LogP contribution in [-0.2, 0) is 19.1 Å². The van der Waals surface area contributed by atoms with E-state index in [1.165, 1.54) is 0 Å². The molecule has 0 aromatic rings. The Balaban J connectivity index is 1.44. The van der Waals surface area contributed by atoms with E-state index in [0.717, 1.165) is 44.9 Å². The van der Waals surface area contributed by atoms with Gasteiger partial charge in [-0.15, -0.1) is 0 Å². The summed E-state index contributed by atoms with van der Waals surface area (Å²) in [4.78, 5) is 25.0. The Bertz CT molecular complexity index is 974. The van der Waals surface area contributed by atoms with E-state index in [2.05, 4.69) is 20.8 Å². The van der Waals surface area contributed by atoms with E-state index in [4.69, 9.17) is 14.7 Å². The van der Waals surface area contributed by atoms with E-state index in [-0.39, 0.29) is 77.4 Å². The Morgan fingerprint density at radius 3 is 2.50 bits per heavy atom. The van der Waals surface area contributed by atoms with Gasteiger partial charge in [0.25, 0.3) is 0 Å². The fraction of sp³-hybridized carbons (Fsp3) is 0.909. The predicted octanol–water partition coefficient (Wildman–Crippen LogP) is 5.81. The van der Waals surface area contributed by atoms with Crippen molar-refractivity contribution in [2.75, 3.05) is 6.61 Å². The third kappa shape index (κ3) is 5.56. The van der Waals surface area contributed by atoms with Gasteiger partial charge in [-0.1, -0.05) is 27.7 Å². The molecular formula is C33H53NO6. The minimum atomic E-state index is -0.482. The van der Waals surface area contributed by atoms with E-state index in [0.29, 0.717) is 19.3 Å². The third-order valence-electron chi connectivity index (χ3n) is 12.5. The highest BCUT2D eigenvalue weighted by molar-refractivity contribution is 5.76. The summed E-state index contributed by atoms with van der Waals surface area (Å²) in [6, 6.07) is 1.99. The average molecular weight is 560 g/mol. The first-order chi connectivity index (χ1) is 18.8. The summed E-state index contributed by atoms with van der Waals surface area (Å²) in [5.74, 6) is 1.12. The lowest BCUT2D eigenvalue weighted by Crippen LogP contribution is -2.62. The van der Waals surface area contributed by atoms with Gasteiger partial charge in [0.05, 0.1) is 30.1 Å². The summed E-state index contributed by atoms with van der Waals surface area (Å²) >= 11 is 0. The second kappa shape index (κ2) is 11.9. The lowest BCUT2D eigenvalue weighted by molar-refractivity contribution is -0.210. The van der Waals surface area contributed by atoms with Crippen molar-refractivity contribution < 1.29 is 29.3 Å². The standard InChI is InChI=1S/C33H53NO6/c1-7-31(3,4)30(38)40-22-13-14-32(5)21(17-22)18-26(35)29-24-11-10-23(33(24,6)27(36)19-25(29)32)20(2)9-12-28(37)39-16-8-15-34/h20-27,29,35-36H,7-14,16-19H2,1-6H3/t20?,21?,22?,23?,24?,25?,26?,27?,29?,32-,33+/m0/s1. The number of esters is 2. The van der Waals surface area contributed by atoms with Crippen molar-refractivity contribution in [1.82, 2.24) is 0 Å². The molecule has 0 radical (unpaired) electrons. The zero-order chi connectivity index (χ0) is 29.5. The van der Waals surface area contributed by atoms with Gasteiger partial charge in [0.1, 0.15) is 12.7 Å². The van der Waals surface area contributed by atoms with Gasteiger partial charge in [-0.3, -0.25) is 9.59 Å². The quantitative estimate of drug-likeness (QED) is 0.270. The number of rotatable bonds is 9. The topological polar surface area (TPSA) is 117 Å². The molecule has 0 aromatic heterocycles. The Morgan fingerprint density at radius 1 is 1.10 bits per heavy atom. The second-order valence-electron chi connectivity index (χ2n) is 14.8. The molecule has 0 amide bonds. The molecule has 0 spiro atoms. The van der Waals surface area contributed by atoms with Gasteiger partial charge >= 0.3 is 11.9 Å². The molecule has 9 unspecified atom stereocenters. The molecule has 4 saturated carbocycles. The predicted molar refractivity (Wildman–Crippen MR) is 152 cm³/mol. The number of aliphatic hydroxyl groups excluding tert-OH is 2.